The lowest BCUT2D eigenvalue weighted by molar-refractivity contribution is 0.578. The number of rotatable bonds is 1. The molecule has 2 aromatic carbocycles. The van der Waals surface area contributed by atoms with E-state index >= 15 is 0 Å². The summed E-state index contributed by atoms with van der Waals surface area (Å²) in [6.45, 7) is 3.84. The summed E-state index contributed by atoms with van der Waals surface area (Å²) in [6, 6.07) is 9.78. The minimum Gasteiger partial charge on any atom is -0.453 e. The second-order valence-corrected chi connectivity index (χ2v) is 4.36. The SMILES string of the molecule is CCc1ccc2c(c1)oc1c(F)c(C)ccc12. The summed E-state index contributed by atoms with van der Waals surface area (Å²) in [4.78, 5) is 0. The van der Waals surface area contributed by atoms with Crippen LogP contribution in [-0.4, -0.2) is 0 Å². The quantitative estimate of drug-likeness (QED) is 0.593. The molecule has 3 rings (SSSR count). The number of aryl methyl sites for hydroxylation is 2. The van der Waals surface area contributed by atoms with E-state index in [4.69, 9.17) is 4.42 Å². The molecule has 86 valence electrons. The van der Waals surface area contributed by atoms with Crippen LogP contribution in [0.1, 0.15) is 18.1 Å². The van der Waals surface area contributed by atoms with Gasteiger partial charge in [-0.25, -0.2) is 4.39 Å². The zero-order valence-corrected chi connectivity index (χ0v) is 9.88. The van der Waals surface area contributed by atoms with Crippen molar-refractivity contribution in [2.45, 2.75) is 20.3 Å². The minimum absolute atomic E-state index is 0.253. The van der Waals surface area contributed by atoms with Gasteiger partial charge in [-0.3, -0.25) is 0 Å². The molecule has 0 fully saturated rings. The fourth-order valence-corrected chi connectivity index (χ4v) is 2.17. The van der Waals surface area contributed by atoms with Crippen LogP contribution in [0.25, 0.3) is 21.9 Å². The second kappa shape index (κ2) is 3.59. The number of hydrogen-bond acceptors (Lipinski definition) is 1. The molecule has 0 spiro atoms. The zero-order valence-electron chi connectivity index (χ0n) is 9.88. The fraction of sp³-hybridized carbons (Fsp3) is 0.200. The van der Waals surface area contributed by atoms with E-state index in [-0.39, 0.29) is 5.82 Å². The Morgan fingerprint density at radius 3 is 2.65 bits per heavy atom. The molecule has 1 aromatic heterocycles. The van der Waals surface area contributed by atoms with Crippen molar-refractivity contribution in [1.82, 2.24) is 0 Å². The van der Waals surface area contributed by atoms with Crippen molar-refractivity contribution >= 4 is 21.9 Å². The first kappa shape index (κ1) is 10.3. The molecule has 17 heavy (non-hydrogen) atoms. The van der Waals surface area contributed by atoms with Crippen molar-refractivity contribution < 1.29 is 8.81 Å². The predicted molar refractivity (Wildman–Crippen MR) is 67.8 cm³/mol. The van der Waals surface area contributed by atoms with Gasteiger partial charge in [-0.1, -0.05) is 31.2 Å². The van der Waals surface area contributed by atoms with E-state index in [0.29, 0.717) is 11.1 Å². The van der Waals surface area contributed by atoms with Gasteiger partial charge in [0.05, 0.1) is 0 Å². The standard InChI is InChI=1S/C15H13FO/c1-3-10-5-7-11-12-6-4-9(2)14(16)15(12)17-13(11)8-10/h4-8H,3H2,1-2H3. The van der Waals surface area contributed by atoms with Crippen LogP contribution in [0.4, 0.5) is 4.39 Å². The summed E-state index contributed by atoms with van der Waals surface area (Å²) in [5.74, 6) is -0.253. The Kier molecular flexibility index (Phi) is 2.18. The van der Waals surface area contributed by atoms with Crippen LogP contribution in [0.3, 0.4) is 0 Å². The molecule has 1 nitrogen and oxygen atoms in total. The maximum absolute atomic E-state index is 13.9. The van der Waals surface area contributed by atoms with E-state index in [9.17, 15) is 4.39 Å². The lowest BCUT2D eigenvalue weighted by Crippen LogP contribution is -1.80. The molecule has 0 atom stereocenters. The van der Waals surface area contributed by atoms with Gasteiger partial charge in [-0.05, 0) is 30.5 Å². The maximum Gasteiger partial charge on any atom is 0.171 e. The molecule has 3 aromatic rings. The number of halogens is 1. The average Bonchev–Trinajstić information content (AvgIpc) is 2.72. The van der Waals surface area contributed by atoms with Crippen LogP contribution in [0.15, 0.2) is 34.7 Å². The van der Waals surface area contributed by atoms with Crippen LogP contribution < -0.4 is 0 Å². The van der Waals surface area contributed by atoms with Gasteiger partial charge in [0.25, 0.3) is 0 Å². The summed E-state index contributed by atoms with van der Waals surface area (Å²) >= 11 is 0. The molecule has 0 aliphatic rings. The van der Waals surface area contributed by atoms with Crippen molar-refractivity contribution in [2.24, 2.45) is 0 Å². The molecule has 0 bridgehead atoms. The first-order valence-corrected chi connectivity index (χ1v) is 5.81. The third kappa shape index (κ3) is 1.44. The van der Waals surface area contributed by atoms with Gasteiger partial charge in [-0.15, -0.1) is 0 Å². The van der Waals surface area contributed by atoms with Crippen LogP contribution in [0.2, 0.25) is 0 Å². The van der Waals surface area contributed by atoms with Gasteiger partial charge in [0, 0.05) is 10.8 Å². The first-order chi connectivity index (χ1) is 8.20. The topological polar surface area (TPSA) is 13.1 Å². The molecule has 1 heterocycles. The molecule has 0 N–H and O–H groups in total. The zero-order chi connectivity index (χ0) is 12.0. The third-order valence-electron chi connectivity index (χ3n) is 3.25. The molecular weight excluding hydrogens is 215 g/mol. The van der Waals surface area contributed by atoms with Crippen LogP contribution in [0.5, 0.6) is 0 Å². The Labute approximate surface area is 98.8 Å². The van der Waals surface area contributed by atoms with Crippen molar-refractivity contribution in [2.75, 3.05) is 0 Å². The van der Waals surface area contributed by atoms with E-state index in [1.54, 1.807) is 13.0 Å². The second-order valence-electron chi connectivity index (χ2n) is 4.36. The predicted octanol–water partition coefficient (Wildman–Crippen LogP) is 4.60. The number of hydrogen-bond donors (Lipinski definition) is 0. The van der Waals surface area contributed by atoms with E-state index in [1.165, 1.54) is 5.56 Å². The van der Waals surface area contributed by atoms with Gasteiger partial charge in [0.2, 0.25) is 0 Å². The van der Waals surface area contributed by atoms with E-state index in [0.717, 1.165) is 22.8 Å². The summed E-state index contributed by atoms with van der Waals surface area (Å²) in [5.41, 5.74) is 2.96. The molecular formula is C15H13FO. The van der Waals surface area contributed by atoms with Gasteiger partial charge in [0.1, 0.15) is 5.58 Å². The highest BCUT2D eigenvalue weighted by Gasteiger charge is 2.12. The average molecular weight is 228 g/mol. The van der Waals surface area contributed by atoms with Gasteiger partial charge >= 0.3 is 0 Å². The Hall–Kier alpha value is -1.83. The van der Waals surface area contributed by atoms with Crippen molar-refractivity contribution in [1.29, 1.82) is 0 Å². The molecule has 0 aliphatic carbocycles. The lowest BCUT2D eigenvalue weighted by Gasteiger charge is -1.95. The highest BCUT2D eigenvalue weighted by molar-refractivity contribution is 6.05. The van der Waals surface area contributed by atoms with Gasteiger partial charge in [0.15, 0.2) is 11.4 Å². The van der Waals surface area contributed by atoms with Crippen LogP contribution >= 0.6 is 0 Å². The van der Waals surface area contributed by atoms with Crippen LogP contribution in [0, 0.1) is 12.7 Å². The number of benzene rings is 2. The van der Waals surface area contributed by atoms with Gasteiger partial charge in [-0.2, -0.15) is 0 Å². The van der Waals surface area contributed by atoms with Crippen molar-refractivity contribution in [3.05, 3.63) is 47.3 Å². The largest absolute Gasteiger partial charge is 0.453 e. The number of furan rings is 1. The van der Waals surface area contributed by atoms with Gasteiger partial charge < -0.3 is 4.42 Å². The Bertz CT molecular complexity index is 710. The summed E-state index contributed by atoms with van der Waals surface area (Å²) in [6.07, 6.45) is 0.953. The Balaban J connectivity index is 2.45. The van der Waals surface area contributed by atoms with E-state index in [2.05, 4.69) is 13.0 Å². The molecule has 0 unspecified atom stereocenters. The Morgan fingerprint density at radius 1 is 1.12 bits per heavy atom. The highest BCUT2D eigenvalue weighted by Crippen LogP contribution is 2.32. The van der Waals surface area contributed by atoms with Crippen LogP contribution in [-0.2, 0) is 6.42 Å². The molecule has 0 aliphatic heterocycles. The van der Waals surface area contributed by atoms with Crippen molar-refractivity contribution in [3.63, 3.8) is 0 Å². The molecule has 0 amide bonds. The normalized spacial score (nSPS) is 11.5. The molecule has 0 radical (unpaired) electrons. The van der Waals surface area contributed by atoms with E-state index in [1.807, 2.05) is 18.2 Å². The van der Waals surface area contributed by atoms with Crippen molar-refractivity contribution in [3.8, 4) is 0 Å². The number of fused-ring (bicyclic) bond motifs is 3. The first-order valence-electron chi connectivity index (χ1n) is 5.81. The summed E-state index contributed by atoms with van der Waals surface area (Å²) in [5, 5.41) is 1.84. The highest BCUT2D eigenvalue weighted by atomic mass is 19.1. The fourth-order valence-electron chi connectivity index (χ4n) is 2.17. The third-order valence-corrected chi connectivity index (χ3v) is 3.25. The summed E-state index contributed by atoms with van der Waals surface area (Å²) in [7, 11) is 0. The minimum atomic E-state index is -0.253. The molecule has 0 saturated heterocycles. The smallest absolute Gasteiger partial charge is 0.171 e. The Morgan fingerprint density at radius 2 is 1.88 bits per heavy atom. The molecule has 0 saturated carbocycles. The monoisotopic (exact) mass is 228 g/mol. The van der Waals surface area contributed by atoms with E-state index < -0.39 is 0 Å². The summed E-state index contributed by atoms with van der Waals surface area (Å²) < 4.78 is 19.6. The molecule has 2 heteroatoms. The lowest BCUT2D eigenvalue weighted by atomic mass is 10.1. The maximum atomic E-state index is 13.9.